The van der Waals surface area contributed by atoms with Crippen molar-refractivity contribution in [3.8, 4) is 0 Å². The Morgan fingerprint density at radius 1 is 1.59 bits per heavy atom. The van der Waals surface area contributed by atoms with Gasteiger partial charge < -0.3 is 15.4 Å². The summed E-state index contributed by atoms with van der Waals surface area (Å²) in [5, 5.41) is 4.56. The highest BCUT2D eigenvalue weighted by molar-refractivity contribution is 5.82. The fraction of sp³-hybridized carbons (Fsp3) is 0.889. The number of hydrogen-bond acceptors (Lipinski definition) is 3. The third-order valence-corrected chi connectivity index (χ3v) is 2.56. The standard InChI is InChI=1S/C9H14F4N2O2/c1-17-5-2-6(14-3-5)7(16)15-4-9(12,13)8(10)11/h5-6,8,14H,2-4H2,1H3,(H,15,16). The first-order chi connectivity index (χ1) is 7.86. The second-order valence-electron chi connectivity index (χ2n) is 3.83. The second-order valence-corrected chi connectivity index (χ2v) is 3.83. The van der Waals surface area contributed by atoms with Crippen molar-refractivity contribution in [1.82, 2.24) is 10.6 Å². The van der Waals surface area contributed by atoms with Crippen LogP contribution in [-0.4, -0.2) is 50.6 Å². The highest BCUT2D eigenvalue weighted by Crippen LogP contribution is 2.21. The minimum absolute atomic E-state index is 0.165. The zero-order valence-corrected chi connectivity index (χ0v) is 9.18. The molecule has 1 aliphatic rings. The Morgan fingerprint density at radius 3 is 2.71 bits per heavy atom. The molecule has 0 aromatic carbocycles. The van der Waals surface area contributed by atoms with Gasteiger partial charge in [-0.2, -0.15) is 8.78 Å². The predicted molar refractivity (Wildman–Crippen MR) is 51.2 cm³/mol. The number of nitrogens with one attached hydrogen (secondary N) is 2. The van der Waals surface area contributed by atoms with Crippen LogP contribution in [0.5, 0.6) is 0 Å². The van der Waals surface area contributed by atoms with E-state index in [1.165, 1.54) is 7.11 Å². The number of halogens is 4. The third-order valence-electron chi connectivity index (χ3n) is 2.56. The molecule has 8 heteroatoms. The van der Waals surface area contributed by atoms with E-state index in [9.17, 15) is 22.4 Å². The summed E-state index contributed by atoms with van der Waals surface area (Å²) >= 11 is 0. The highest BCUT2D eigenvalue weighted by atomic mass is 19.3. The van der Waals surface area contributed by atoms with Gasteiger partial charge in [-0.05, 0) is 6.42 Å². The number of methoxy groups -OCH3 is 1. The van der Waals surface area contributed by atoms with Crippen LogP contribution in [0.25, 0.3) is 0 Å². The summed E-state index contributed by atoms with van der Waals surface area (Å²) in [6.07, 6.45) is -3.62. The molecule has 2 atom stereocenters. The lowest BCUT2D eigenvalue weighted by Gasteiger charge is -2.17. The monoisotopic (exact) mass is 258 g/mol. The Balaban J connectivity index is 2.36. The molecule has 1 amide bonds. The fourth-order valence-electron chi connectivity index (χ4n) is 1.49. The van der Waals surface area contributed by atoms with Crippen molar-refractivity contribution in [3.05, 3.63) is 0 Å². The number of ether oxygens (including phenoxy) is 1. The van der Waals surface area contributed by atoms with Crippen molar-refractivity contribution in [2.75, 3.05) is 20.2 Å². The van der Waals surface area contributed by atoms with Gasteiger partial charge in [0.15, 0.2) is 0 Å². The van der Waals surface area contributed by atoms with Gasteiger partial charge in [0.25, 0.3) is 0 Å². The quantitative estimate of drug-likeness (QED) is 0.701. The molecule has 0 spiro atoms. The van der Waals surface area contributed by atoms with Crippen LogP contribution in [-0.2, 0) is 9.53 Å². The Kier molecular flexibility index (Phi) is 4.70. The van der Waals surface area contributed by atoms with Crippen LogP contribution >= 0.6 is 0 Å². The second kappa shape index (κ2) is 5.63. The van der Waals surface area contributed by atoms with E-state index in [0.29, 0.717) is 13.0 Å². The van der Waals surface area contributed by atoms with E-state index >= 15 is 0 Å². The van der Waals surface area contributed by atoms with Crippen LogP contribution in [0.1, 0.15) is 6.42 Å². The minimum atomic E-state index is -4.20. The van der Waals surface area contributed by atoms with Crippen molar-refractivity contribution in [1.29, 1.82) is 0 Å². The van der Waals surface area contributed by atoms with Gasteiger partial charge in [0, 0.05) is 13.7 Å². The Morgan fingerprint density at radius 2 is 2.24 bits per heavy atom. The van der Waals surface area contributed by atoms with E-state index in [1.54, 1.807) is 5.32 Å². The molecule has 1 rings (SSSR count). The normalized spacial score (nSPS) is 25.3. The number of alkyl halides is 4. The fourth-order valence-corrected chi connectivity index (χ4v) is 1.49. The largest absolute Gasteiger partial charge is 0.380 e. The number of carbonyl (C=O) groups excluding carboxylic acids is 1. The van der Waals surface area contributed by atoms with Gasteiger partial charge in [-0.15, -0.1) is 0 Å². The van der Waals surface area contributed by atoms with Gasteiger partial charge in [-0.25, -0.2) is 8.78 Å². The molecule has 1 aliphatic heterocycles. The van der Waals surface area contributed by atoms with Crippen LogP contribution in [0.3, 0.4) is 0 Å². The molecule has 4 nitrogen and oxygen atoms in total. The topological polar surface area (TPSA) is 50.4 Å². The van der Waals surface area contributed by atoms with Crippen molar-refractivity contribution in [2.45, 2.75) is 30.9 Å². The summed E-state index contributed by atoms with van der Waals surface area (Å²) in [4.78, 5) is 11.4. The molecule has 0 aliphatic carbocycles. The maximum atomic E-state index is 12.5. The van der Waals surface area contributed by atoms with Crippen LogP contribution in [0, 0.1) is 0 Å². The molecule has 17 heavy (non-hydrogen) atoms. The molecule has 2 unspecified atom stereocenters. The van der Waals surface area contributed by atoms with Gasteiger partial charge in [-0.3, -0.25) is 4.79 Å². The molecule has 1 heterocycles. The van der Waals surface area contributed by atoms with E-state index in [0.717, 1.165) is 0 Å². The van der Waals surface area contributed by atoms with Crippen molar-refractivity contribution in [3.63, 3.8) is 0 Å². The van der Waals surface area contributed by atoms with E-state index in [4.69, 9.17) is 4.74 Å². The first-order valence-electron chi connectivity index (χ1n) is 5.06. The summed E-state index contributed by atoms with van der Waals surface area (Å²) in [5.74, 6) is -4.92. The molecule has 1 fully saturated rings. The van der Waals surface area contributed by atoms with Crippen molar-refractivity contribution < 1.29 is 27.1 Å². The molecule has 2 N–H and O–H groups in total. The maximum Gasteiger partial charge on any atom is 0.324 e. The average Bonchev–Trinajstić information content (AvgIpc) is 2.74. The maximum absolute atomic E-state index is 12.5. The van der Waals surface area contributed by atoms with Gasteiger partial charge >= 0.3 is 12.3 Å². The average molecular weight is 258 g/mol. The summed E-state index contributed by atoms with van der Waals surface area (Å²) in [5.41, 5.74) is 0. The molecule has 0 aromatic rings. The zero-order valence-electron chi connectivity index (χ0n) is 9.18. The summed E-state index contributed by atoms with van der Waals surface area (Å²) in [6, 6.07) is -0.673. The Hall–Kier alpha value is -0.890. The number of carbonyl (C=O) groups is 1. The van der Waals surface area contributed by atoms with E-state index in [-0.39, 0.29) is 6.10 Å². The highest BCUT2D eigenvalue weighted by Gasteiger charge is 2.41. The van der Waals surface area contributed by atoms with E-state index in [1.807, 2.05) is 0 Å². The SMILES string of the molecule is COC1CNC(C(=O)NCC(F)(F)C(F)F)C1. The number of rotatable bonds is 5. The van der Waals surface area contributed by atoms with E-state index in [2.05, 4.69) is 5.32 Å². The van der Waals surface area contributed by atoms with Crippen LogP contribution in [0.15, 0.2) is 0 Å². The molecule has 1 saturated heterocycles. The Bertz CT molecular complexity index is 276. The smallest absolute Gasteiger partial charge is 0.324 e. The van der Waals surface area contributed by atoms with Gasteiger partial charge in [0.2, 0.25) is 5.91 Å². The lowest BCUT2D eigenvalue weighted by molar-refractivity contribution is -0.137. The lowest BCUT2D eigenvalue weighted by Crippen LogP contribution is -2.47. The molecule has 100 valence electrons. The first-order valence-corrected chi connectivity index (χ1v) is 5.06. The Labute approximate surface area is 95.7 Å². The summed E-state index contributed by atoms with van der Waals surface area (Å²) < 4.78 is 53.7. The minimum Gasteiger partial charge on any atom is -0.380 e. The first kappa shape index (κ1) is 14.2. The van der Waals surface area contributed by atoms with Gasteiger partial charge in [0.05, 0.1) is 18.7 Å². The zero-order chi connectivity index (χ0) is 13.1. The van der Waals surface area contributed by atoms with Crippen molar-refractivity contribution >= 4 is 5.91 Å². The predicted octanol–water partition coefficient (Wildman–Crippen LogP) is 0.380. The number of hydrogen-bond donors (Lipinski definition) is 2. The van der Waals surface area contributed by atoms with Crippen LogP contribution < -0.4 is 10.6 Å². The molecular formula is C9H14F4N2O2. The molecule has 0 aromatic heterocycles. The van der Waals surface area contributed by atoms with Crippen LogP contribution in [0.4, 0.5) is 17.6 Å². The van der Waals surface area contributed by atoms with Crippen LogP contribution in [0.2, 0.25) is 0 Å². The van der Waals surface area contributed by atoms with Crippen molar-refractivity contribution in [2.24, 2.45) is 0 Å². The molecule has 0 radical (unpaired) electrons. The molecule has 0 saturated carbocycles. The summed E-state index contributed by atoms with van der Waals surface area (Å²) in [7, 11) is 1.47. The molecular weight excluding hydrogens is 244 g/mol. The summed E-state index contributed by atoms with van der Waals surface area (Å²) in [6.45, 7) is -0.931. The lowest BCUT2D eigenvalue weighted by atomic mass is 10.2. The third kappa shape index (κ3) is 3.81. The number of amides is 1. The van der Waals surface area contributed by atoms with E-state index < -0.39 is 30.8 Å². The molecule has 0 bridgehead atoms. The van der Waals surface area contributed by atoms with Gasteiger partial charge in [0.1, 0.15) is 0 Å². The van der Waals surface area contributed by atoms with Gasteiger partial charge in [-0.1, -0.05) is 0 Å².